The first-order valence-corrected chi connectivity index (χ1v) is 18.8. The van der Waals surface area contributed by atoms with E-state index in [9.17, 15) is 9.59 Å². The Labute approximate surface area is 326 Å². The Morgan fingerprint density at radius 3 is 1.11 bits per heavy atom. The molecule has 4 aromatic rings. The summed E-state index contributed by atoms with van der Waals surface area (Å²) in [5.41, 5.74) is 7.76. The average molecular weight is 774 g/mol. The molecule has 0 fully saturated rings. The predicted octanol–water partition coefficient (Wildman–Crippen LogP) is 12.0. The number of rotatable bonds is 3. The van der Waals surface area contributed by atoms with Crippen LogP contribution in [-0.2, 0) is 31.2 Å². The molecule has 0 aliphatic rings. The Hall–Kier alpha value is -4.58. The zero-order valence-corrected chi connectivity index (χ0v) is 35.4. The second-order valence-electron chi connectivity index (χ2n) is 17.7. The van der Waals surface area contributed by atoms with Crippen molar-refractivity contribution in [2.45, 2.75) is 119 Å². The third-order valence-electron chi connectivity index (χ3n) is 8.75. The Morgan fingerprint density at radius 1 is 0.509 bits per heavy atom. The van der Waals surface area contributed by atoms with E-state index in [1.54, 1.807) is 0 Å². The molecule has 0 aliphatic heterocycles. The van der Waals surface area contributed by atoms with Crippen molar-refractivity contribution in [3.05, 3.63) is 116 Å². The van der Waals surface area contributed by atoms with Crippen LogP contribution in [0.1, 0.15) is 141 Å². The molecule has 0 unspecified atom stereocenters. The zero-order chi connectivity index (χ0) is 39.7. The molecule has 0 amide bonds. The minimum atomic E-state index is -0.347. The van der Waals surface area contributed by atoms with Gasteiger partial charge in [-0.1, -0.05) is 153 Å². The van der Waals surface area contributed by atoms with E-state index in [4.69, 9.17) is 9.47 Å². The Morgan fingerprint density at radius 2 is 0.830 bits per heavy atom. The van der Waals surface area contributed by atoms with Gasteiger partial charge in [-0.15, -0.1) is 0 Å². The van der Waals surface area contributed by atoms with Crippen LogP contribution in [0.15, 0.2) is 71.2 Å². The Bertz CT molecular complexity index is 1970. The first-order chi connectivity index (χ1) is 24.4. The molecule has 4 nitrogen and oxygen atoms in total. The van der Waals surface area contributed by atoms with E-state index in [0.717, 1.165) is 60.1 Å². The van der Waals surface area contributed by atoms with Gasteiger partial charge >= 0.3 is 11.9 Å². The lowest BCUT2D eigenvalue weighted by Gasteiger charge is -2.29. The maximum Gasteiger partial charge on any atom is 0.308 e. The molecule has 0 radical (unpaired) electrons. The van der Waals surface area contributed by atoms with Crippen LogP contribution in [0.25, 0.3) is 11.1 Å². The van der Waals surface area contributed by atoms with Crippen molar-refractivity contribution in [3.63, 3.8) is 0 Å². The van der Waals surface area contributed by atoms with Gasteiger partial charge in [0.05, 0.1) is 0 Å². The number of benzene rings is 4. The highest BCUT2D eigenvalue weighted by Gasteiger charge is 2.30. The summed E-state index contributed by atoms with van der Waals surface area (Å²) in [5.74, 6) is 14.5. The van der Waals surface area contributed by atoms with E-state index in [0.29, 0.717) is 11.5 Å². The summed E-state index contributed by atoms with van der Waals surface area (Å²) in [5, 5.41) is 0. The van der Waals surface area contributed by atoms with Crippen LogP contribution in [0.4, 0.5) is 0 Å². The van der Waals surface area contributed by atoms with Crippen molar-refractivity contribution >= 4 is 27.9 Å². The summed E-state index contributed by atoms with van der Waals surface area (Å²) in [6.45, 7) is 28.3. The lowest BCUT2D eigenvalue weighted by atomic mass is 9.78. The molecule has 0 saturated heterocycles. The molecule has 0 saturated carbocycles. The van der Waals surface area contributed by atoms with Crippen molar-refractivity contribution in [2.24, 2.45) is 0 Å². The summed E-state index contributed by atoms with van der Waals surface area (Å²) in [4.78, 5) is 24.5. The largest absolute Gasteiger partial charge is 0.426 e. The van der Waals surface area contributed by atoms with Gasteiger partial charge in [0.15, 0.2) is 0 Å². The number of carbonyl (C=O) groups is 2. The highest BCUT2D eigenvalue weighted by Crippen LogP contribution is 2.42. The van der Waals surface area contributed by atoms with Crippen LogP contribution in [0.5, 0.6) is 11.5 Å². The fourth-order valence-electron chi connectivity index (χ4n) is 6.14. The summed E-state index contributed by atoms with van der Waals surface area (Å²) in [6, 6.07) is 22.4. The standard InChI is InChI=1S/C48H53BrO4/c1-30(50)52-43-38(45(3,4)5)24-32(25-39(43)46(6,7)8)20-22-35-28-37(49)29-36(42(35)34-18-16-15-17-19-34)23-21-33-26-40(47(9,10)11)44(53-31(2)51)41(27-33)48(12,13)14/h15-19,24-29H,1-14H3. The van der Waals surface area contributed by atoms with Crippen molar-refractivity contribution < 1.29 is 19.1 Å². The molecule has 4 rings (SSSR count). The second kappa shape index (κ2) is 15.4. The number of halogens is 1. The molecule has 0 aliphatic carbocycles. The third kappa shape index (κ3) is 10.3. The number of hydrogen-bond acceptors (Lipinski definition) is 4. The number of hydrogen-bond donors (Lipinski definition) is 0. The van der Waals surface area contributed by atoms with Crippen LogP contribution >= 0.6 is 15.9 Å². The molecule has 0 bridgehead atoms. The lowest BCUT2D eigenvalue weighted by molar-refractivity contribution is -0.133. The summed E-state index contributed by atoms with van der Waals surface area (Å²) >= 11 is 3.76. The van der Waals surface area contributed by atoms with Crippen molar-refractivity contribution in [3.8, 4) is 46.3 Å². The van der Waals surface area contributed by atoms with Gasteiger partial charge in [-0.05, 0) is 63.6 Å². The monoisotopic (exact) mass is 772 g/mol. The number of carbonyl (C=O) groups excluding carboxylic acids is 2. The maximum atomic E-state index is 12.2. The van der Waals surface area contributed by atoms with Gasteiger partial charge in [-0.3, -0.25) is 9.59 Å². The molecular weight excluding hydrogens is 720 g/mol. The zero-order valence-electron chi connectivity index (χ0n) is 33.9. The molecule has 276 valence electrons. The van der Waals surface area contributed by atoms with Crippen molar-refractivity contribution in [2.75, 3.05) is 0 Å². The molecule has 0 N–H and O–H groups in total. The third-order valence-corrected chi connectivity index (χ3v) is 9.21. The van der Waals surface area contributed by atoms with E-state index in [-0.39, 0.29) is 33.6 Å². The van der Waals surface area contributed by atoms with Crippen LogP contribution in [0.3, 0.4) is 0 Å². The minimum absolute atomic E-state index is 0.299. The summed E-state index contributed by atoms with van der Waals surface area (Å²) in [6.07, 6.45) is 0. The molecular formula is C48H53BrO4. The van der Waals surface area contributed by atoms with Crippen LogP contribution in [0, 0.1) is 23.7 Å². The first-order valence-electron chi connectivity index (χ1n) is 18.0. The fourth-order valence-corrected chi connectivity index (χ4v) is 6.59. The van der Waals surface area contributed by atoms with Gasteiger partial charge in [-0.25, -0.2) is 0 Å². The Balaban J connectivity index is 2.01. The van der Waals surface area contributed by atoms with E-state index in [1.165, 1.54) is 13.8 Å². The van der Waals surface area contributed by atoms with Crippen LogP contribution in [0.2, 0.25) is 0 Å². The topological polar surface area (TPSA) is 52.6 Å². The normalized spacial score (nSPS) is 11.9. The average Bonchev–Trinajstić information content (AvgIpc) is 3.01. The SMILES string of the molecule is CC(=O)Oc1c(C(C)(C)C)cc(C#Cc2cc(Br)cc(C#Cc3cc(C(C)(C)C)c(OC(C)=O)c(C(C)(C)C)c3)c2-c2ccccc2)cc1C(C)(C)C. The van der Waals surface area contributed by atoms with Crippen molar-refractivity contribution in [1.82, 2.24) is 0 Å². The van der Waals surface area contributed by atoms with E-state index < -0.39 is 0 Å². The van der Waals surface area contributed by atoms with E-state index >= 15 is 0 Å². The minimum Gasteiger partial charge on any atom is -0.426 e. The molecule has 0 atom stereocenters. The molecule has 0 spiro atoms. The molecule has 53 heavy (non-hydrogen) atoms. The second-order valence-corrected chi connectivity index (χ2v) is 18.6. The first kappa shape index (κ1) is 41.2. The quantitative estimate of drug-likeness (QED) is 0.118. The number of ether oxygens (including phenoxy) is 2. The van der Waals surface area contributed by atoms with Crippen molar-refractivity contribution in [1.29, 1.82) is 0 Å². The lowest BCUT2D eigenvalue weighted by Crippen LogP contribution is -2.21. The van der Waals surface area contributed by atoms with Crippen LogP contribution in [-0.4, -0.2) is 11.9 Å². The van der Waals surface area contributed by atoms with Gasteiger partial charge < -0.3 is 9.47 Å². The summed E-state index contributed by atoms with van der Waals surface area (Å²) < 4.78 is 12.6. The van der Waals surface area contributed by atoms with Gasteiger partial charge in [0.1, 0.15) is 11.5 Å². The predicted molar refractivity (Wildman–Crippen MR) is 222 cm³/mol. The van der Waals surface area contributed by atoms with Gasteiger partial charge in [-0.2, -0.15) is 0 Å². The Kier molecular flexibility index (Phi) is 12.0. The van der Waals surface area contributed by atoms with Gasteiger partial charge in [0, 0.05) is 68.4 Å². The molecule has 5 heteroatoms. The number of esters is 2. The molecule has 4 aromatic carbocycles. The summed E-state index contributed by atoms with van der Waals surface area (Å²) in [7, 11) is 0. The van der Waals surface area contributed by atoms with Crippen LogP contribution < -0.4 is 9.47 Å². The van der Waals surface area contributed by atoms with Gasteiger partial charge in [0.2, 0.25) is 0 Å². The highest BCUT2D eigenvalue weighted by atomic mass is 79.9. The molecule has 0 heterocycles. The maximum absolute atomic E-state index is 12.2. The fraction of sp³-hybridized carbons (Fsp3) is 0.375. The van der Waals surface area contributed by atoms with Gasteiger partial charge in [0.25, 0.3) is 0 Å². The van der Waals surface area contributed by atoms with E-state index in [2.05, 4.69) is 135 Å². The molecule has 0 aromatic heterocycles. The highest BCUT2D eigenvalue weighted by molar-refractivity contribution is 9.10. The van der Waals surface area contributed by atoms with E-state index in [1.807, 2.05) is 54.6 Å². The smallest absolute Gasteiger partial charge is 0.308 e.